The van der Waals surface area contributed by atoms with Crippen LogP contribution in [0.5, 0.6) is 0 Å². The number of amides is 1. The van der Waals surface area contributed by atoms with Gasteiger partial charge in [0.1, 0.15) is 0 Å². The Morgan fingerprint density at radius 3 is 2.71 bits per heavy atom. The van der Waals surface area contributed by atoms with Gasteiger partial charge in [-0.05, 0) is 31.0 Å². The van der Waals surface area contributed by atoms with Crippen LogP contribution in [0.15, 0.2) is 16.6 Å². The van der Waals surface area contributed by atoms with Gasteiger partial charge in [0.25, 0.3) is 0 Å². The van der Waals surface area contributed by atoms with E-state index < -0.39 is 0 Å². The highest BCUT2D eigenvalue weighted by molar-refractivity contribution is 9.10. The first-order valence-electron chi connectivity index (χ1n) is 5.40. The van der Waals surface area contributed by atoms with Gasteiger partial charge in [0, 0.05) is 10.9 Å². The molecule has 0 aliphatic heterocycles. The van der Waals surface area contributed by atoms with Gasteiger partial charge in [0.15, 0.2) is 0 Å². The van der Waals surface area contributed by atoms with E-state index in [1.165, 1.54) is 0 Å². The minimum absolute atomic E-state index is 0. The highest BCUT2D eigenvalue weighted by atomic mass is 79.9. The van der Waals surface area contributed by atoms with Gasteiger partial charge >= 0.3 is 0 Å². The first-order chi connectivity index (χ1) is 7.54. The summed E-state index contributed by atoms with van der Waals surface area (Å²) in [7, 11) is 0. The Morgan fingerprint density at radius 1 is 1.47 bits per heavy atom. The van der Waals surface area contributed by atoms with Crippen LogP contribution in [0, 0.1) is 6.92 Å². The first-order valence-corrected chi connectivity index (χ1v) is 6.19. The van der Waals surface area contributed by atoms with Crippen molar-refractivity contribution in [3.8, 4) is 0 Å². The third-order valence-electron chi connectivity index (χ3n) is 2.38. The van der Waals surface area contributed by atoms with Crippen molar-refractivity contribution in [1.29, 1.82) is 0 Å². The average Bonchev–Trinajstić information content (AvgIpc) is 2.22. The van der Waals surface area contributed by atoms with Gasteiger partial charge in [-0.25, -0.2) is 0 Å². The number of nitrogens with one attached hydrogen (secondary N) is 1. The molecular weight excluding hydrogens is 304 g/mol. The summed E-state index contributed by atoms with van der Waals surface area (Å²) in [5.41, 5.74) is 8.17. The minimum atomic E-state index is 0. The fourth-order valence-electron chi connectivity index (χ4n) is 1.41. The molecule has 17 heavy (non-hydrogen) atoms. The van der Waals surface area contributed by atoms with Gasteiger partial charge in [-0.2, -0.15) is 0 Å². The molecule has 0 aliphatic carbocycles. The number of hydrogen-bond acceptors (Lipinski definition) is 2. The number of rotatable bonds is 4. The summed E-state index contributed by atoms with van der Waals surface area (Å²) in [5.74, 6) is 0.0195. The minimum Gasteiger partial charge on any atom is -0.397 e. The SMILES string of the molecule is CCCCC(=O)Nc1cc(Br)cc(C)c1N.Cl. The van der Waals surface area contributed by atoms with E-state index in [4.69, 9.17) is 5.73 Å². The van der Waals surface area contributed by atoms with Gasteiger partial charge < -0.3 is 11.1 Å². The Morgan fingerprint density at radius 2 is 2.12 bits per heavy atom. The van der Waals surface area contributed by atoms with E-state index in [9.17, 15) is 4.79 Å². The van der Waals surface area contributed by atoms with Crippen molar-refractivity contribution in [2.24, 2.45) is 0 Å². The van der Waals surface area contributed by atoms with E-state index in [0.717, 1.165) is 22.9 Å². The summed E-state index contributed by atoms with van der Waals surface area (Å²) in [6.07, 6.45) is 2.46. The number of carbonyl (C=O) groups is 1. The third-order valence-corrected chi connectivity index (χ3v) is 2.84. The average molecular weight is 322 g/mol. The molecule has 1 aromatic carbocycles. The van der Waals surface area contributed by atoms with Crippen LogP contribution >= 0.6 is 28.3 Å². The molecule has 0 bridgehead atoms. The van der Waals surface area contributed by atoms with Crippen LogP contribution in [0.25, 0.3) is 0 Å². The quantitative estimate of drug-likeness (QED) is 0.827. The van der Waals surface area contributed by atoms with E-state index in [0.29, 0.717) is 17.8 Å². The first kappa shape index (κ1) is 16.3. The molecule has 0 radical (unpaired) electrons. The summed E-state index contributed by atoms with van der Waals surface area (Å²) in [4.78, 5) is 11.6. The number of unbranched alkanes of at least 4 members (excludes halogenated alkanes) is 1. The predicted molar refractivity (Wildman–Crippen MR) is 78.7 cm³/mol. The smallest absolute Gasteiger partial charge is 0.224 e. The molecule has 1 rings (SSSR count). The van der Waals surface area contributed by atoms with Gasteiger partial charge in [0.2, 0.25) is 5.91 Å². The summed E-state index contributed by atoms with van der Waals surface area (Å²) in [5, 5.41) is 2.83. The summed E-state index contributed by atoms with van der Waals surface area (Å²) < 4.78 is 0.921. The highest BCUT2D eigenvalue weighted by Gasteiger charge is 2.07. The molecule has 0 aromatic heterocycles. The lowest BCUT2D eigenvalue weighted by atomic mass is 10.1. The lowest BCUT2D eigenvalue weighted by Crippen LogP contribution is -2.12. The van der Waals surface area contributed by atoms with Crippen LogP contribution in [-0.4, -0.2) is 5.91 Å². The van der Waals surface area contributed by atoms with E-state index >= 15 is 0 Å². The van der Waals surface area contributed by atoms with E-state index in [1.807, 2.05) is 19.1 Å². The molecule has 3 N–H and O–H groups in total. The van der Waals surface area contributed by atoms with Gasteiger partial charge in [-0.1, -0.05) is 29.3 Å². The van der Waals surface area contributed by atoms with Crippen molar-refractivity contribution >= 4 is 45.6 Å². The Bertz CT molecular complexity index is 396. The van der Waals surface area contributed by atoms with Crippen molar-refractivity contribution in [2.45, 2.75) is 33.1 Å². The second-order valence-electron chi connectivity index (χ2n) is 3.84. The second kappa shape index (κ2) is 7.56. The molecule has 0 aliphatic rings. The Balaban J connectivity index is 0.00000256. The molecule has 5 heteroatoms. The molecule has 0 saturated carbocycles. The Labute approximate surface area is 117 Å². The number of carbonyl (C=O) groups excluding carboxylic acids is 1. The molecule has 3 nitrogen and oxygen atoms in total. The number of nitrogens with two attached hydrogens (primary N) is 1. The van der Waals surface area contributed by atoms with Crippen molar-refractivity contribution in [1.82, 2.24) is 0 Å². The van der Waals surface area contributed by atoms with Crippen molar-refractivity contribution in [2.75, 3.05) is 11.1 Å². The fourth-order valence-corrected chi connectivity index (χ4v) is 1.98. The van der Waals surface area contributed by atoms with Crippen molar-refractivity contribution in [3.63, 3.8) is 0 Å². The maximum Gasteiger partial charge on any atom is 0.224 e. The molecule has 0 unspecified atom stereocenters. The molecule has 0 fully saturated rings. The van der Waals surface area contributed by atoms with Crippen LogP contribution in [0.3, 0.4) is 0 Å². The van der Waals surface area contributed by atoms with Crippen molar-refractivity contribution < 1.29 is 4.79 Å². The number of hydrogen-bond donors (Lipinski definition) is 2. The van der Waals surface area contributed by atoms with Crippen molar-refractivity contribution in [3.05, 3.63) is 22.2 Å². The highest BCUT2D eigenvalue weighted by Crippen LogP contribution is 2.27. The normalized spacial score (nSPS) is 9.59. The van der Waals surface area contributed by atoms with Gasteiger partial charge in [-0.3, -0.25) is 4.79 Å². The number of aryl methyl sites for hydroxylation is 1. The van der Waals surface area contributed by atoms with E-state index in [2.05, 4.69) is 28.2 Å². The number of nitrogen functional groups attached to an aromatic ring is 1. The number of halogens is 2. The predicted octanol–water partition coefficient (Wildman–Crippen LogP) is 3.89. The Kier molecular flexibility index (Phi) is 7.23. The summed E-state index contributed by atoms with van der Waals surface area (Å²) in [6.45, 7) is 3.98. The second-order valence-corrected chi connectivity index (χ2v) is 4.75. The zero-order valence-corrected chi connectivity index (χ0v) is 12.5. The monoisotopic (exact) mass is 320 g/mol. The van der Waals surface area contributed by atoms with Gasteiger partial charge in [-0.15, -0.1) is 12.4 Å². The topological polar surface area (TPSA) is 55.1 Å². The lowest BCUT2D eigenvalue weighted by Gasteiger charge is -2.10. The molecule has 0 saturated heterocycles. The van der Waals surface area contributed by atoms with Crippen LogP contribution < -0.4 is 11.1 Å². The number of benzene rings is 1. The molecule has 96 valence electrons. The fraction of sp³-hybridized carbons (Fsp3) is 0.417. The largest absolute Gasteiger partial charge is 0.397 e. The van der Waals surface area contributed by atoms with Crippen LogP contribution in [-0.2, 0) is 4.79 Å². The molecule has 0 spiro atoms. The Hall–Kier alpha value is -0.740. The third kappa shape index (κ3) is 4.96. The molecule has 0 heterocycles. The van der Waals surface area contributed by atoms with E-state index in [1.54, 1.807) is 0 Å². The summed E-state index contributed by atoms with van der Waals surface area (Å²) >= 11 is 3.38. The maximum atomic E-state index is 11.6. The van der Waals surface area contributed by atoms with Crippen LogP contribution in [0.2, 0.25) is 0 Å². The van der Waals surface area contributed by atoms with E-state index in [-0.39, 0.29) is 18.3 Å². The number of anilines is 2. The zero-order valence-electron chi connectivity index (χ0n) is 10.0. The zero-order chi connectivity index (χ0) is 12.1. The summed E-state index contributed by atoms with van der Waals surface area (Å²) in [6, 6.07) is 3.75. The maximum absolute atomic E-state index is 11.6. The molecule has 0 atom stereocenters. The van der Waals surface area contributed by atoms with Gasteiger partial charge in [0.05, 0.1) is 11.4 Å². The van der Waals surface area contributed by atoms with Crippen LogP contribution in [0.4, 0.5) is 11.4 Å². The molecular formula is C12H18BrClN2O. The van der Waals surface area contributed by atoms with Crippen LogP contribution in [0.1, 0.15) is 31.7 Å². The molecule has 1 amide bonds. The molecule has 1 aromatic rings. The standard InChI is InChI=1S/C12H17BrN2O.ClH/c1-3-4-5-11(16)15-10-7-9(13)6-8(2)12(10)14;/h6-7H,3-5,14H2,1-2H3,(H,15,16);1H. The lowest BCUT2D eigenvalue weighted by molar-refractivity contribution is -0.116.